The van der Waals surface area contributed by atoms with Gasteiger partial charge in [-0.25, -0.2) is 0 Å². The van der Waals surface area contributed by atoms with E-state index in [1.165, 1.54) is 0 Å². The van der Waals surface area contributed by atoms with Crippen LogP contribution in [-0.2, 0) is 11.2 Å². The fraction of sp³-hybridized carbons (Fsp3) is 0.562. The summed E-state index contributed by atoms with van der Waals surface area (Å²) in [6, 6.07) is 5.84. The number of carbonyl (C=O) groups is 1. The van der Waals surface area contributed by atoms with E-state index in [9.17, 15) is 4.79 Å². The maximum absolute atomic E-state index is 12.7. The quantitative estimate of drug-likeness (QED) is 0.840. The lowest BCUT2D eigenvalue weighted by atomic mass is 9.95. The fourth-order valence-corrected chi connectivity index (χ4v) is 3.75. The minimum atomic E-state index is -0.0472. The number of hydrogen-bond donors (Lipinski definition) is 0. The predicted molar refractivity (Wildman–Crippen MR) is 84.2 cm³/mol. The molecule has 2 heterocycles. The molecule has 1 aromatic carbocycles. The molecule has 0 radical (unpaired) electrons. The second-order valence-electron chi connectivity index (χ2n) is 5.48. The molecule has 1 atom stereocenters. The summed E-state index contributed by atoms with van der Waals surface area (Å²) in [4.78, 5) is 14.7. The van der Waals surface area contributed by atoms with E-state index < -0.39 is 0 Å². The van der Waals surface area contributed by atoms with E-state index in [0.717, 1.165) is 54.5 Å². The largest absolute Gasteiger partial charge is 0.497 e. The van der Waals surface area contributed by atoms with E-state index >= 15 is 0 Å². The van der Waals surface area contributed by atoms with E-state index in [1.54, 1.807) is 7.11 Å². The first kappa shape index (κ1) is 14.6. The number of thioether (sulfide) groups is 1. The molecule has 0 aliphatic carbocycles. The zero-order chi connectivity index (χ0) is 14.7. The Labute approximate surface area is 129 Å². The van der Waals surface area contributed by atoms with Crippen molar-refractivity contribution in [3.8, 4) is 11.5 Å². The molecule has 1 amide bonds. The zero-order valence-electron chi connectivity index (χ0n) is 12.3. The molecule has 1 unspecified atom stereocenters. The Bertz CT molecular complexity index is 512. The van der Waals surface area contributed by atoms with Crippen LogP contribution in [0.1, 0.15) is 12.0 Å². The van der Waals surface area contributed by atoms with Crippen LogP contribution >= 0.6 is 11.8 Å². The van der Waals surface area contributed by atoms with E-state index in [-0.39, 0.29) is 11.8 Å². The summed E-state index contributed by atoms with van der Waals surface area (Å²) < 4.78 is 11.0. The first-order valence-corrected chi connectivity index (χ1v) is 8.59. The van der Waals surface area contributed by atoms with Crippen LogP contribution in [-0.4, -0.2) is 49.1 Å². The van der Waals surface area contributed by atoms with Crippen LogP contribution < -0.4 is 9.47 Å². The normalized spacial score (nSPS) is 22.0. The molecule has 1 saturated heterocycles. The molecule has 0 bridgehead atoms. The Morgan fingerprint density at radius 3 is 3.14 bits per heavy atom. The van der Waals surface area contributed by atoms with Gasteiger partial charge in [-0.1, -0.05) is 6.07 Å². The topological polar surface area (TPSA) is 38.8 Å². The summed E-state index contributed by atoms with van der Waals surface area (Å²) in [5, 5.41) is 0. The van der Waals surface area contributed by atoms with Crippen LogP contribution in [0.2, 0.25) is 0 Å². The Hall–Kier alpha value is -1.36. The highest BCUT2D eigenvalue weighted by atomic mass is 32.2. The summed E-state index contributed by atoms with van der Waals surface area (Å²) in [6.45, 7) is 2.23. The summed E-state index contributed by atoms with van der Waals surface area (Å²) in [5.41, 5.74) is 1.10. The third-order valence-electron chi connectivity index (χ3n) is 4.06. The number of fused-ring (bicyclic) bond motifs is 1. The monoisotopic (exact) mass is 307 g/mol. The number of hydrogen-bond acceptors (Lipinski definition) is 4. The van der Waals surface area contributed by atoms with Gasteiger partial charge in [-0.15, -0.1) is 0 Å². The number of methoxy groups -OCH3 is 1. The maximum Gasteiger partial charge on any atom is 0.229 e. The molecule has 3 rings (SSSR count). The summed E-state index contributed by atoms with van der Waals surface area (Å²) in [7, 11) is 1.65. The molecule has 2 aliphatic rings. The third-order valence-corrected chi connectivity index (χ3v) is 5.11. The molecule has 0 saturated carbocycles. The molecule has 0 N–H and O–H groups in total. The first-order chi connectivity index (χ1) is 10.3. The molecule has 0 aromatic heterocycles. The van der Waals surface area contributed by atoms with E-state index in [1.807, 2.05) is 34.9 Å². The van der Waals surface area contributed by atoms with Crippen LogP contribution in [0.25, 0.3) is 0 Å². The average Bonchev–Trinajstić information content (AvgIpc) is 2.82. The number of amides is 1. The maximum atomic E-state index is 12.7. The average molecular weight is 307 g/mol. The van der Waals surface area contributed by atoms with Gasteiger partial charge in [0.15, 0.2) is 0 Å². The second-order valence-corrected chi connectivity index (χ2v) is 6.70. The van der Waals surface area contributed by atoms with Gasteiger partial charge in [-0.2, -0.15) is 11.8 Å². The number of nitrogens with zero attached hydrogens (tertiary/aromatic N) is 1. The molecule has 21 heavy (non-hydrogen) atoms. The molecular weight excluding hydrogens is 286 g/mol. The Morgan fingerprint density at radius 1 is 1.38 bits per heavy atom. The van der Waals surface area contributed by atoms with Crippen molar-refractivity contribution in [1.29, 1.82) is 0 Å². The lowest BCUT2D eigenvalue weighted by Gasteiger charge is -2.29. The van der Waals surface area contributed by atoms with Crippen LogP contribution in [0.15, 0.2) is 18.2 Å². The molecule has 5 heteroatoms. The van der Waals surface area contributed by atoms with Crippen molar-refractivity contribution in [1.82, 2.24) is 4.90 Å². The minimum Gasteiger partial charge on any atom is -0.497 e. The van der Waals surface area contributed by atoms with Crippen LogP contribution in [0.3, 0.4) is 0 Å². The van der Waals surface area contributed by atoms with Crippen molar-refractivity contribution in [3.05, 3.63) is 23.8 Å². The van der Waals surface area contributed by atoms with Gasteiger partial charge in [0.2, 0.25) is 5.91 Å². The Kier molecular flexibility index (Phi) is 4.58. The molecule has 1 fully saturated rings. The highest BCUT2D eigenvalue weighted by molar-refractivity contribution is 7.99. The number of ether oxygens (including phenoxy) is 2. The van der Waals surface area contributed by atoms with Crippen molar-refractivity contribution < 1.29 is 14.3 Å². The Balaban J connectivity index is 1.69. The van der Waals surface area contributed by atoms with Gasteiger partial charge in [0.25, 0.3) is 0 Å². The third kappa shape index (κ3) is 3.28. The van der Waals surface area contributed by atoms with Crippen molar-refractivity contribution in [2.24, 2.45) is 5.92 Å². The molecule has 2 aliphatic heterocycles. The van der Waals surface area contributed by atoms with Crippen LogP contribution in [0.5, 0.6) is 11.5 Å². The van der Waals surface area contributed by atoms with Crippen molar-refractivity contribution in [2.45, 2.75) is 12.8 Å². The fourth-order valence-electron chi connectivity index (χ4n) is 2.86. The second kappa shape index (κ2) is 6.60. The standard InChI is InChI=1S/C16H21NO3S/c1-19-14-4-3-12-9-13(11-20-15(12)10-14)16(18)17-5-2-7-21-8-6-17/h3-4,10,13H,2,5-9,11H2,1H3. The zero-order valence-corrected chi connectivity index (χ0v) is 13.2. The van der Waals surface area contributed by atoms with E-state index in [0.29, 0.717) is 6.61 Å². The SMILES string of the molecule is COc1ccc2c(c1)OCC(C(=O)N1CCCSCC1)C2. The summed E-state index contributed by atoms with van der Waals surface area (Å²) >= 11 is 1.94. The van der Waals surface area contributed by atoms with Crippen molar-refractivity contribution >= 4 is 17.7 Å². The van der Waals surface area contributed by atoms with Gasteiger partial charge >= 0.3 is 0 Å². The van der Waals surface area contributed by atoms with Crippen LogP contribution in [0.4, 0.5) is 0 Å². The molecule has 0 spiro atoms. The smallest absolute Gasteiger partial charge is 0.229 e. The van der Waals surface area contributed by atoms with E-state index in [4.69, 9.17) is 9.47 Å². The van der Waals surface area contributed by atoms with Crippen LogP contribution in [0, 0.1) is 5.92 Å². The lowest BCUT2D eigenvalue weighted by molar-refractivity contribution is -0.136. The number of rotatable bonds is 2. The van der Waals surface area contributed by atoms with E-state index in [2.05, 4.69) is 0 Å². The molecule has 114 valence electrons. The number of benzene rings is 1. The first-order valence-electron chi connectivity index (χ1n) is 7.44. The molecular formula is C16H21NO3S. The highest BCUT2D eigenvalue weighted by Gasteiger charge is 2.30. The summed E-state index contributed by atoms with van der Waals surface area (Å²) in [6.07, 6.45) is 1.86. The van der Waals surface area contributed by atoms with Crippen molar-refractivity contribution in [2.75, 3.05) is 38.3 Å². The van der Waals surface area contributed by atoms with Crippen molar-refractivity contribution in [3.63, 3.8) is 0 Å². The van der Waals surface area contributed by atoms with Gasteiger partial charge in [-0.3, -0.25) is 4.79 Å². The molecule has 1 aromatic rings. The lowest BCUT2D eigenvalue weighted by Crippen LogP contribution is -2.41. The molecule has 4 nitrogen and oxygen atoms in total. The number of carbonyl (C=O) groups excluding carboxylic acids is 1. The minimum absolute atomic E-state index is 0.0472. The van der Waals surface area contributed by atoms with Gasteiger partial charge in [0.1, 0.15) is 18.1 Å². The van der Waals surface area contributed by atoms with Gasteiger partial charge < -0.3 is 14.4 Å². The van der Waals surface area contributed by atoms with Gasteiger partial charge in [0, 0.05) is 24.9 Å². The highest BCUT2D eigenvalue weighted by Crippen LogP contribution is 2.31. The van der Waals surface area contributed by atoms with Gasteiger partial charge in [0.05, 0.1) is 13.0 Å². The van der Waals surface area contributed by atoms with Gasteiger partial charge in [-0.05, 0) is 30.2 Å². The summed E-state index contributed by atoms with van der Waals surface area (Å²) in [5.74, 6) is 4.06. The Morgan fingerprint density at radius 2 is 2.29 bits per heavy atom. The predicted octanol–water partition coefficient (Wildman–Crippen LogP) is 2.21.